The lowest BCUT2D eigenvalue weighted by molar-refractivity contribution is -0.264. The molecule has 0 heterocycles. The first-order valence-electron chi connectivity index (χ1n) is 8.07. The van der Waals surface area contributed by atoms with Crippen LogP contribution >= 0.6 is 0 Å². The Bertz CT molecular complexity index is 808. The van der Waals surface area contributed by atoms with Gasteiger partial charge < -0.3 is 15.5 Å². The first kappa shape index (κ1) is 20.4. The fourth-order valence-corrected chi connectivity index (χ4v) is 2.59. The van der Waals surface area contributed by atoms with Gasteiger partial charge in [0.1, 0.15) is 0 Å². The van der Waals surface area contributed by atoms with Crippen LogP contribution in [0.2, 0.25) is 0 Å². The van der Waals surface area contributed by atoms with E-state index in [1.54, 1.807) is 6.07 Å². The minimum absolute atomic E-state index is 0.0291. The number of carboxylic acids is 1. The molecule has 0 bridgehead atoms. The van der Waals surface area contributed by atoms with Crippen molar-refractivity contribution in [2.75, 3.05) is 6.54 Å². The normalized spacial score (nSPS) is 13.6. The summed E-state index contributed by atoms with van der Waals surface area (Å²) in [5.74, 6) is -1.88. The standard InChI is InChI=1S/C19H18F3NO4/c20-19(21,22)18(27,14-7-2-1-3-8-14)12-23-16(24)11-10-13-6-4-5-9-15(13)17(25)26/h1-9,27H,10-12H2,(H,23,24)(H,25,26). The van der Waals surface area contributed by atoms with Crippen molar-refractivity contribution in [3.8, 4) is 0 Å². The molecule has 3 N–H and O–H groups in total. The SMILES string of the molecule is O=C(CCc1ccccc1C(=O)O)NCC(O)(c1ccccc1)C(F)(F)F. The van der Waals surface area contributed by atoms with Crippen LogP contribution in [0.1, 0.15) is 27.9 Å². The molecule has 0 saturated carbocycles. The quantitative estimate of drug-likeness (QED) is 0.688. The molecule has 0 aliphatic rings. The van der Waals surface area contributed by atoms with Crippen LogP contribution in [-0.4, -0.2) is 34.8 Å². The lowest BCUT2D eigenvalue weighted by atomic mass is 9.93. The molecule has 0 aliphatic heterocycles. The predicted octanol–water partition coefficient (Wildman–Crippen LogP) is 2.88. The highest BCUT2D eigenvalue weighted by molar-refractivity contribution is 5.89. The molecule has 1 unspecified atom stereocenters. The summed E-state index contributed by atoms with van der Waals surface area (Å²) in [4.78, 5) is 23.1. The molecule has 0 radical (unpaired) electrons. The van der Waals surface area contributed by atoms with E-state index in [-0.39, 0.29) is 24.0 Å². The van der Waals surface area contributed by atoms with Gasteiger partial charge in [-0.05, 0) is 23.6 Å². The number of carbonyl (C=O) groups is 2. The van der Waals surface area contributed by atoms with Crippen molar-refractivity contribution >= 4 is 11.9 Å². The van der Waals surface area contributed by atoms with Crippen LogP contribution in [0.25, 0.3) is 0 Å². The van der Waals surface area contributed by atoms with Crippen molar-refractivity contribution < 1.29 is 33.0 Å². The third-order valence-corrected chi connectivity index (χ3v) is 4.13. The van der Waals surface area contributed by atoms with Gasteiger partial charge in [-0.1, -0.05) is 48.5 Å². The molecule has 8 heteroatoms. The van der Waals surface area contributed by atoms with Crippen molar-refractivity contribution in [2.24, 2.45) is 0 Å². The lowest BCUT2D eigenvalue weighted by Crippen LogP contribution is -2.51. The van der Waals surface area contributed by atoms with Crippen LogP contribution in [0, 0.1) is 0 Å². The summed E-state index contributed by atoms with van der Waals surface area (Å²) in [6, 6.07) is 12.5. The van der Waals surface area contributed by atoms with Gasteiger partial charge in [0, 0.05) is 6.42 Å². The molecular weight excluding hydrogens is 363 g/mol. The number of aromatic carboxylic acids is 1. The highest BCUT2D eigenvalue weighted by Gasteiger charge is 2.55. The highest BCUT2D eigenvalue weighted by atomic mass is 19.4. The maximum absolute atomic E-state index is 13.4. The van der Waals surface area contributed by atoms with E-state index in [4.69, 9.17) is 5.11 Å². The number of hydrogen-bond acceptors (Lipinski definition) is 3. The van der Waals surface area contributed by atoms with Crippen molar-refractivity contribution in [1.82, 2.24) is 5.32 Å². The Hall–Kier alpha value is -2.87. The number of carbonyl (C=O) groups excluding carboxylic acids is 1. The molecule has 1 amide bonds. The lowest BCUT2D eigenvalue weighted by Gasteiger charge is -2.31. The molecule has 1 atom stereocenters. The molecule has 2 aromatic carbocycles. The summed E-state index contributed by atoms with van der Waals surface area (Å²) < 4.78 is 40.1. The summed E-state index contributed by atoms with van der Waals surface area (Å²) in [5.41, 5.74) is -3.17. The van der Waals surface area contributed by atoms with Crippen LogP contribution < -0.4 is 5.32 Å². The van der Waals surface area contributed by atoms with Gasteiger partial charge in [-0.2, -0.15) is 13.2 Å². The number of aryl methyl sites for hydroxylation is 1. The average Bonchev–Trinajstić information content (AvgIpc) is 2.64. The van der Waals surface area contributed by atoms with E-state index in [0.29, 0.717) is 5.56 Å². The summed E-state index contributed by atoms with van der Waals surface area (Å²) in [6.45, 7) is -1.04. The Morgan fingerprint density at radius 3 is 2.15 bits per heavy atom. The minimum Gasteiger partial charge on any atom is -0.478 e. The average molecular weight is 381 g/mol. The zero-order chi connectivity index (χ0) is 20.1. The Morgan fingerprint density at radius 2 is 1.56 bits per heavy atom. The van der Waals surface area contributed by atoms with Crippen molar-refractivity contribution in [3.63, 3.8) is 0 Å². The Kier molecular flexibility index (Phi) is 6.22. The summed E-state index contributed by atoms with van der Waals surface area (Å²) in [5, 5.41) is 21.3. The van der Waals surface area contributed by atoms with Crippen LogP contribution in [0.15, 0.2) is 54.6 Å². The second kappa shape index (κ2) is 8.22. The minimum atomic E-state index is -4.99. The number of alkyl halides is 3. The van der Waals surface area contributed by atoms with Crippen LogP contribution in [0.4, 0.5) is 13.2 Å². The number of halogens is 3. The van der Waals surface area contributed by atoms with Gasteiger partial charge in [-0.25, -0.2) is 4.79 Å². The zero-order valence-electron chi connectivity index (χ0n) is 14.2. The molecule has 27 heavy (non-hydrogen) atoms. The van der Waals surface area contributed by atoms with Crippen LogP contribution in [0.5, 0.6) is 0 Å². The predicted molar refractivity (Wildman–Crippen MR) is 91.1 cm³/mol. The van der Waals surface area contributed by atoms with E-state index in [2.05, 4.69) is 5.32 Å². The smallest absolute Gasteiger partial charge is 0.423 e. The Labute approximate surface area is 153 Å². The highest BCUT2D eigenvalue weighted by Crippen LogP contribution is 2.38. The van der Waals surface area contributed by atoms with E-state index in [1.807, 2.05) is 0 Å². The van der Waals surface area contributed by atoms with E-state index in [9.17, 15) is 27.9 Å². The van der Waals surface area contributed by atoms with Crippen molar-refractivity contribution in [1.29, 1.82) is 0 Å². The number of benzene rings is 2. The Balaban J connectivity index is 2.04. The molecule has 0 aromatic heterocycles. The number of hydrogen-bond donors (Lipinski definition) is 3. The molecule has 0 spiro atoms. The van der Waals surface area contributed by atoms with Crippen molar-refractivity contribution in [3.05, 3.63) is 71.3 Å². The third-order valence-electron chi connectivity index (χ3n) is 4.13. The second-order valence-corrected chi connectivity index (χ2v) is 5.96. The molecule has 0 saturated heterocycles. The molecule has 2 rings (SSSR count). The fourth-order valence-electron chi connectivity index (χ4n) is 2.59. The van der Waals surface area contributed by atoms with Crippen molar-refractivity contribution in [2.45, 2.75) is 24.6 Å². The molecule has 0 aliphatic carbocycles. The molecule has 144 valence electrons. The first-order valence-corrected chi connectivity index (χ1v) is 8.07. The monoisotopic (exact) mass is 381 g/mol. The molecule has 2 aromatic rings. The summed E-state index contributed by atoms with van der Waals surface area (Å²) in [7, 11) is 0. The first-order chi connectivity index (χ1) is 12.6. The van der Waals surface area contributed by atoms with Gasteiger partial charge >= 0.3 is 12.1 Å². The van der Waals surface area contributed by atoms with E-state index in [1.165, 1.54) is 36.4 Å². The van der Waals surface area contributed by atoms with Gasteiger partial charge in [0.05, 0.1) is 12.1 Å². The van der Waals surface area contributed by atoms with Gasteiger partial charge in [0.25, 0.3) is 0 Å². The van der Waals surface area contributed by atoms with Crippen LogP contribution in [0.3, 0.4) is 0 Å². The van der Waals surface area contributed by atoms with Gasteiger partial charge in [-0.3, -0.25) is 4.79 Å². The number of amides is 1. The molecular formula is C19H18F3NO4. The maximum atomic E-state index is 13.4. The second-order valence-electron chi connectivity index (χ2n) is 5.96. The van der Waals surface area contributed by atoms with E-state index >= 15 is 0 Å². The number of nitrogens with one attached hydrogen (secondary N) is 1. The summed E-state index contributed by atoms with van der Waals surface area (Å²) >= 11 is 0. The largest absolute Gasteiger partial charge is 0.478 e. The van der Waals surface area contributed by atoms with E-state index in [0.717, 1.165) is 12.1 Å². The number of rotatable bonds is 7. The maximum Gasteiger partial charge on any atom is 0.423 e. The third kappa shape index (κ3) is 4.85. The zero-order valence-corrected chi connectivity index (χ0v) is 14.2. The van der Waals surface area contributed by atoms with Gasteiger partial charge in [-0.15, -0.1) is 0 Å². The number of aliphatic hydroxyl groups is 1. The van der Waals surface area contributed by atoms with Gasteiger partial charge in [0.2, 0.25) is 11.5 Å². The summed E-state index contributed by atoms with van der Waals surface area (Å²) in [6.07, 6.45) is -5.16. The van der Waals surface area contributed by atoms with Crippen LogP contribution in [-0.2, 0) is 16.8 Å². The number of carboxylic acid groups (broad SMARTS) is 1. The topological polar surface area (TPSA) is 86.6 Å². The van der Waals surface area contributed by atoms with E-state index < -0.39 is 30.2 Å². The Morgan fingerprint density at radius 1 is 0.963 bits per heavy atom. The van der Waals surface area contributed by atoms with Gasteiger partial charge in [0.15, 0.2) is 0 Å². The molecule has 5 nitrogen and oxygen atoms in total. The fraction of sp³-hybridized carbons (Fsp3) is 0.263. The molecule has 0 fully saturated rings.